The third-order valence-corrected chi connectivity index (χ3v) is 2.58. The second-order valence-electron chi connectivity index (χ2n) is 3.76. The fraction of sp³-hybridized carbons (Fsp3) is 0.417. The Hall–Kier alpha value is -0.830. The number of hydrogen-bond donors (Lipinski definition) is 1. The van der Waals surface area contributed by atoms with Gasteiger partial charge in [0.15, 0.2) is 0 Å². The first-order valence-electron chi connectivity index (χ1n) is 5.01. The van der Waals surface area contributed by atoms with Gasteiger partial charge in [-0.1, -0.05) is 41.1 Å². The van der Waals surface area contributed by atoms with E-state index in [1.54, 1.807) is 0 Å². The molecule has 1 unspecified atom stereocenters. The summed E-state index contributed by atoms with van der Waals surface area (Å²) >= 11 is 3.40. The molecule has 15 heavy (non-hydrogen) atoms. The summed E-state index contributed by atoms with van der Waals surface area (Å²) in [6.45, 7) is 6.57. The lowest BCUT2D eigenvalue weighted by molar-refractivity contribution is 0.0953. The molecule has 3 heteroatoms. The van der Waals surface area contributed by atoms with E-state index in [0.717, 1.165) is 16.7 Å². The van der Waals surface area contributed by atoms with Crippen molar-refractivity contribution in [3.05, 3.63) is 34.9 Å². The van der Waals surface area contributed by atoms with E-state index in [-0.39, 0.29) is 5.91 Å². The van der Waals surface area contributed by atoms with Crippen LogP contribution in [0.4, 0.5) is 0 Å². The summed E-state index contributed by atoms with van der Waals surface area (Å²) in [5.74, 6) is 0.0110. The summed E-state index contributed by atoms with van der Waals surface area (Å²) in [6.07, 6.45) is 0. The molecule has 1 aromatic rings. The highest BCUT2D eigenvalue weighted by Crippen LogP contribution is 2.12. The van der Waals surface area contributed by atoms with Gasteiger partial charge in [0.05, 0.1) is 0 Å². The lowest BCUT2D eigenvalue weighted by Gasteiger charge is -2.11. The average molecular weight is 270 g/mol. The van der Waals surface area contributed by atoms with Crippen LogP contribution in [0.1, 0.15) is 28.4 Å². The summed E-state index contributed by atoms with van der Waals surface area (Å²) < 4.78 is 0. The van der Waals surface area contributed by atoms with Crippen molar-refractivity contribution in [2.45, 2.75) is 25.6 Å². The van der Waals surface area contributed by atoms with Gasteiger partial charge in [0.1, 0.15) is 0 Å². The van der Waals surface area contributed by atoms with Gasteiger partial charge in [0, 0.05) is 16.9 Å². The maximum absolute atomic E-state index is 11.9. The average Bonchev–Trinajstić information content (AvgIpc) is 2.14. The number of hydrogen-bond acceptors (Lipinski definition) is 1. The molecule has 0 bridgehead atoms. The van der Waals surface area contributed by atoms with E-state index < -0.39 is 0 Å². The molecule has 0 aromatic heterocycles. The largest absolute Gasteiger partial charge is 0.351 e. The predicted octanol–water partition coefficient (Wildman–Crippen LogP) is 2.82. The Balaban J connectivity index is 2.82. The second kappa shape index (κ2) is 5.31. The maximum atomic E-state index is 11.9. The van der Waals surface area contributed by atoms with Crippen LogP contribution in [0.5, 0.6) is 0 Å². The van der Waals surface area contributed by atoms with Gasteiger partial charge in [0.25, 0.3) is 5.91 Å². The van der Waals surface area contributed by atoms with E-state index in [9.17, 15) is 4.79 Å². The summed E-state index contributed by atoms with van der Waals surface area (Å²) in [5.41, 5.74) is 2.84. The summed E-state index contributed by atoms with van der Waals surface area (Å²) in [4.78, 5) is 12.2. The van der Waals surface area contributed by atoms with Crippen LogP contribution in [0.15, 0.2) is 18.2 Å². The van der Waals surface area contributed by atoms with E-state index in [2.05, 4.69) is 21.2 Å². The molecular formula is C12H16BrNO. The third kappa shape index (κ3) is 3.34. The number of amides is 1. The lowest BCUT2D eigenvalue weighted by Crippen LogP contribution is -2.29. The molecule has 0 saturated heterocycles. The van der Waals surface area contributed by atoms with Crippen molar-refractivity contribution < 1.29 is 4.79 Å². The highest BCUT2D eigenvalue weighted by molar-refractivity contribution is 9.09. The molecule has 0 heterocycles. The molecule has 0 spiro atoms. The Morgan fingerprint density at radius 3 is 2.40 bits per heavy atom. The number of rotatable bonds is 3. The van der Waals surface area contributed by atoms with Gasteiger partial charge >= 0.3 is 0 Å². The van der Waals surface area contributed by atoms with Crippen LogP contribution in [-0.4, -0.2) is 17.3 Å². The van der Waals surface area contributed by atoms with Crippen LogP contribution >= 0.6 is 15.9 Å². The van der Waals surface area contributed by atoms with Gasteiger partial charge in [-0.3, -0.25) is 4.79 Å². The van der Waals surface area contributed by atoms with Crippen molar-refractivity contribution in [1.82, 2.24) is 5.32 Å². The van der Waals surface area contributed by atoms with E-state index >= 15 is 0 Å². The van der Waals surface area contributed by atoms with E-state index in [1.165, 1.54) is 0 Å². The number of aryl methyl sites for hydroxylation is 2. The Bertz CT molecular complexity index is 340. The van der Waals surface area contributed by atoms with Crippen molar-refractivity contribution in [3.8, 4) is 0 Å². The Morgan fingerprint density at radius 2 is 1.93 bits per heavy atom. The van der Waals surface area contributed by atoms with E-state index in [4.69, 9.17) is 0 Å². The second-order valence-corrected chi connectivity index (χ2v) is 5.32. The van der Waals surface area contributed by atoms with Gasteiger partial charge < -0.3 is 5.32 Å². The quantitative estimate of drug-likeness (QED) is 0.841. The molecule has 1 atom stereocenters. The minimum Gasteiger partial charge on any atom is -0.351 e. The maximum Gasteiger partial charge on any atom is 0.251 e. The number of benzene rings is 1. The third-order valence-electron chi connectivity index (χ3n) is 2.25. The normalized spacial score (nSPS) is 12.3. The summed E-state index contributed by atoms with van der Waals surface area (Å²) in [6, 6.07) is 5.88. The molecule has 82 valence electrons. The van der Waals surface area contributed by atoms with Gasteiger partial charge in [-0.2, -0.15) is 0 Å². The van der Waals surface area contributed by atoms with Crippen molar-refractivity contribution in [2.24, 2.45) is 0 Å². The molecule has 1 amide bonds. The van der Waals surface area contributed by atoms with Crippen LogP contribution in [0, 0.1) is 13.8 Å². The number of alkyl halides is 1. The first kappa shape index (κ1) is 12.2. The summed E-state index contributed by atoms with van der Waals surface area (Å²) in [7, 11) is 0. The molecule has 0 fully saturated rings. The van der Waals surface area contributed by atoms with Crippen molar-refractivity contribution in [2.75, 3.05) is 6.54 Å². The zero-order chi connectivity index (χ0) is 11.4. The molecular weight excluding hydrogens is 254 g/mol. The number of carbonyl (C=O) groups excluding carboxylic acids is 1. The highest BCUT2D eigenvalue weighted by Gasteiger charge is 2.11. The monoisotopic (exact) mass is 269 g/mol. The standard InChI is InChI=1S/C12H16BrNO/c1-8-5-4-6-9(2)11(8)12(15)14-7-10(3)13/h4-6,10H,7H2,1-3H3,(H,14,15). The molecule has 1 aromatic carbocycles. The smallest absolute Gasteiger partial charge is 0.251 e. The first-order valence-corrected chi connectivity index (χ1v) is 5.92. The highest BCUT2D eigenvalue weighted by atomic mass is 79.9. The molecule has 0 aliphatic carbocycles. The molecule has 0 radical (unpaired) electrons. The molecule has 0 aliphatic rings. The Kier molecular flexibility index (Phi) is 4.33. The molecule has 0 aliphatic heterocycles. The molecule has 1 rings (SSSR count). The lowest BCUT2D eigenvalue weighted by atomic mass is 10.0. The Labute approximate surface area is 99.2 Å². The topological polar surface area (TPSA) is 29.1 Å². The number of halogens is 1. The Morgan fingerprint density at radius 1 is 1.40 bits per heavy atom. The molecule has 1 N–H and O–H groups in total. The van der Waals surface area contributed by atoms with Crippen LogP contribution in [0.25, 0.3) is 0 Å². The van der Waals surface area contributed by atoms with Gasteiger partial charge in [-0.25, -0.2) is 0 Å². The van der Waals surface area contributed by atoms with Crippen LogP contribution in [0.3, 0.4) is 0 Å². The van der Waals surface area contributed by atoms with E-state index in [0.29, 0.717) is 11.4 Å². The SMILES string of the molecule is Cc1cccc(C)c1C(=O)NCC(C)Br. The van der Waals surface area contributed by atoms with Gasteiger partial charge in [-0.15, -0.1) is 0 Å². The van der Waals surface area contributed by atoms with Crippen LogP contribution in [-0.2, 0) is 0 Å². The predicted molar refractivity (Wildman–Crippen MR) is 66.6 cm³/mol. The van der Waals surface area contributed by atoms with E-state index in [1.807, 2.05) is 39.0 Å². The minimum atomic E-state index is 0.0110. The fourth-order valence-corrected chi connectivity index (χ4v) is 1.66. The zero-order valence-corrected chi connectivity index (χ0v) is 10.9. The van der Waals surface area contributed by atoms with Crippen molar-refractivity contribution in [3.63, 3.8) is 0 Å². The van der Waals surface area contributed by atoms with Crippen LogP contribution in [0.2, 0.25) is 0 Å². The van der Waals surface area contributed by atoms with Crippen molar-refractivity contribution >= 4 is 21.8 Å². The molecule has 0 saturated carbocycles. The number of carbonyl (C=O) groups is 1. The van der Waals surface area contributed by atoms with Gasteiger partial charge in [0.2, 0.25) is 0 Å². The fourth-order valence-electron chi connectivity index (χ4n) is 1.49. The first-order chi connectivity index (χ1) is 7.02. The molecule has 2 nitrogen and oxygen atoms in total. The number of nitrogens with one attached hydrogen (secondary N) is 1. The summed E-state index contributed by atoms with van der Waals surface area (Å²) in [5, 5.41) is 2.89. The van der Waals surface area contributed by atoms with Gasteiger partial charge in [-0.05, 0) is 25.0 Å². The minimum absolute atomic E-state index is 0.0110. The zero-order valence-electron chi connectivity index (χ0n) is 9.30. The van der Waals surface area contributed by atoms with Crippen molar-refractivity contribution in [1.29, 1.82) is 0 Å². The van der Waals surface area contributed by atoms with Crippen LogP contribution < -0.4 is 5.32 Å².